The highest BCUT2D eigenvalue weighted by atomic mass is 16.2. The molecule has 0 fully saturated rings. The van der Waals surface area contributed by atoms with Crippen LogP contribution in [0.3, 0.4) is 0 Å². The number of urea groups is 1. The fourth-order valence-corrected chi connectivity index (χ4v) is 0.798. The quantitative estimate of drug-likeness (QED) is 0.748. The number of carbonyl (C=O) groups excluding carboxylic acids is 1. The minimum Gasteiger partial charge on any atom is -0.328 e. The van der Waals surface area contributed by atoms with Gasteiger partial charge in [0.1, 0.15) is 0 Å². The second kappa shape index (κ2) is 4.45. The van der Waals surface area contributed by atoms with Crippen molar-refractivity contribution >= 4 is 11.7 Å². The minimum atomic E-state index is -0.103. The van der Waals surface area contributed by atoms with E-state index >= 15 is 0 Å². The van der Waals surface area contributed by atoms with Gasteiger partial charge >= 0.3 is 6.03 Å². The monoisotopic (exact) mass is 179 g/mol. The van der Waals surface area contributed by atoms with Crippen molar-refractivity contribution in [3.8, 4) is 0 Å². The van der Waals surface area contributed by atoms with E-state index in [-0.39, 0.29) is 6.03 Å². The van der Waals surface area contributed by atoms with Gasteiger partial charge < -0.3 is 10.2 Å². The van der Waals surface area contributed by atoms with Crippen molar-refractivity contribution < 1.29 is 4.79 Å². The molecule has 70 valence electrons. The van der Waals surface area contributed by atoms with E-state index in [4.69, 9.17) is 0 Å². The van der Waals surface area contributed by atoms with E-state index in [0.29, 0.717) is 6.54 Å². The van der Waals surface area contributed by atoms with Crippen LogP contribution in [0.2, 0.25) is 0 Å². The fraction of sp³-hybridized carbons (Fsp3) is 0.333. The molecule has 1 rings (SSSR count). The molecule has 0 radical (unpaired) electrons. The first kappa shape index (κ1) is 9.51. The molecule has 1 aromatic heterocycles. The summed E-state index contributed by atoms with van der Waals surface area (Å²) >= 11 is 0. The highest BCUT2D eigenvalue weighted by molar-refractivity contribution is 5.88. The zero-order chi connectivity index (χ0) is 9.68. The maximum atomic E-state index is 11.3. The molecule has 0 unspecified atom stereocenters. The topological polar surface area (TPSA) is 45.2 Å². The van der Waals surface area contributed by atoms with Crippen molar-refractivity contribution in [3.63, 3.8) is 0 Å². The van der Waals surface area contributed by atoms with Crippen LogP contribution >= 0.6 is 0 Å². The highest BCUT2D eigenvalue weighted by Crippen LogP contribution is 2.03. The van der Waals surface area contributed by atoms with Crippen LogP contribution in [0.25, 0.3) is 0 Å². The summed E-state index contributed by atoms with van der Waals surface area (Å²) in [5.41, 5.74) is 0.764. The molecule has 0 bridgehead atoms. The van der Waals surface area contributed by atoms with Gasteiger partial charge in [-0.2, -0.15) is 0 Å². The van der Waals surface area contributed by atoms with Gasteiger partial charge in [0.05, 0.1) is 0 Å². The third-order valence-electron chi connectivity index (χ3n) is 1.75. The van der Waals surface area contributed by atoms with Crippen molar-refractivity contribution in [2.45, 2.75) is 6.92 Å². The largest absolute Gasteiger partial charge is 0.328 e. The van der Waals surface area contributed by atoms with Gasteiger partial charge in [-0.1, -0.05) is 0 Å². The molecule has 0 saturated carbocycles. The first-order valence-corrected chi connectivity index (χ1v) is 4.16. The van der Waals surface area contributed by atoms with E-state index in [9.17, 15) is 4.79 Å². The van der Waals surface area contributed by atoms with E-state index in [2.05, 4.69) is 10.3 Å². The average molecular weight is 179 g/mol. The van der Waals surface area contributed by atoms with E-state index in [1.54, 1.807) is 36.5 Å². The SMILES string of the molecule is CCN(C)C(=O)Nc1ccncc1. The van der Waals surface area contributed by atoms with Gasteiger partial charge in [-0.3, -0.25) is 4.98 Å². The van der Waals surface area contributed by atoms with Crippen molar-refractivity contribution in [1.29, 1.82) is 0 Å². The molecule has 4 nitrogen and oxygen atoms in total. The number of aromatic nitrogens is 1. The Hall–Kier alpha value is -1.58. The molecule has 0 spiro atoms. The predicted octanol–water partition coefficient (Wildman–Crippen LogP) is 1.57. The van der Waals surface area contributed by atoms with E-state index in [1.165, 1.54) is 0 Å². The Morgan fingerprint density at radius 3 is 2.69 bits per heavy atom. The van der Waals surface area contributed by atoms with Crippen LogP contribution < -0.4 is 5.32 Å². The highest BCUT2D eigenvalue weighted by Gasteiger charge is 2.04. The second-order valence-corrected chi connectivity index (χ2v) is 2.68. The number of anilines is 1. The molecular formula is C9H13N3O. The van der Waals surface area contributed by atoms with Crippen molar-refractivity contribution in [2.24, 2.45) is 0 Å². The Morgan fingerprint density at radius 1 is 1.54 bits per heavy atom. The molecule has 1 aromatic rings. The van der Waals surface area contributed by atoms with Crippen LogP contribution in [-0.4, -0.2) is 29.5 Å². The van der Waals surface area contributed by atoms with Gasteiger partial charge in [0.2, 0.25) is 0 Å². The summed E-state index contributed by atoms with van der Waals surface area (Å²) in [5.74, 6) is 0. The van der Waals surface area contributed by atoms with Gasteiger partial charge in [0.25, 0.3) is 0 Å². The molecule has 4 heteroatoms. The summed E-state index contributed by atoms with van der Waals surface area (Å²) in [6.07, 6.45) is 3.28. The van der Waals surface area contributed by atoms with Gasteiger partial charge in [0.15, 0.2) is 0 Å². The lowest BCUT2D eigenvalue weighted by molar-refractivity contribution is 0.224. The summed E-state index contributed by atoms with van der Waals surface area (Å²) in [7, 11) is 1.75. The van der Waals surface area contributed by atoms with Crippen LogP contribution in [0, 0.1) is 0 Å². The summed E-state index contributed by atoms with van der Waals surface area (Å²) in [6.45, 7) is 2.61. The van der Waals surface area contributed by atoms with E-state index in [0.717, 1.165) is 5.69 Å². The van der Waals surface area contributed by atoms with Crippen LogP contribution in [0.1, 0.15) is 6.92 Å². The van der Waals surface area contributed by atoms with Gasteiger partial charge in [-0.05, 0) is 19.1 Å². The Balaban J connectivity index is 2.55. The average Bonchev–Trinajstić information content (AvgIpc) is 2.18. The Kier molecular flexibility index (Phi) is 3.25. The van der Waals surface area contributed by atoms with E-state index in [1.807, 2.05) is 6.92 Å². The van der Waals surface area contributed by atoms with Crippen LogP contribution in [-0.2, 0) is 0 Å². The smallest absolute Gasteiger partial charge is 0.321 e. The molecule has 0 aliphatic carbocycles. The first-order chi connectivity index (χ1) is 6.24. The Labute approximate surface area is 77.6 Å². The lowest BCUT2D eigenvalue weighted by atomic mass is 10.4. The van der Waals surface area contributed by atoms with Crippen molar-refractivity contribution in [1.82, 2.24) is 9.88 Å². The van der Waals surface area contributed by atoms with Gasteiger partial charge in [-0.25, -0.2) is 4.79 Å². The number of carbonyl (C=O) groups is 1. The molecule has 0 aromatic carbocycles. The molecule has 1 N–H and O–H groups in total. The Bertz CT molecular complexity index is 273. The summed E-state index contributed by atoms with van der Waals surface area (Å²) < 4.78 is 0. The van der Waals surface area contributed by atoms with Gasteiger partial charge in [-0.15, -0.1) is 0 Å². The lowest BCUT2D eigenvalue weighted by Crippen LogP contribution is -2.30. The number of nitrogens with zero attached hydrogens (tertiary/aromatic N) is 2. The molecule has 13 heavy (non-hydrogen) atoms. The molecule has 1 heterocycles. The third-order valence-corrected chi connectivity index (χ3v) is 1.75. The number of amides is 2. The summed E-state index contributed by atoms with van der Waals surface area (Å²) in [5, 5.41) is 2.74. The zero-order valence-electron chi connectivity index (χ0n) is 7.82. The summed E-state index contributed by atoms with van der Waals surface area (Å²) in [6, 6.07) is 3.40. The first-order valence-electron chi connectivity index (χ1n) is 4.16. The molecular weight excluding hydrogens is 166 g/mol. The zero-order valence-corrected chi connectivity index (χ0v) is 7.82. The van der Waals surface area contributed by atoms with Crippen molar-refractivity contribution in [3.05, 3.63) is 24.5 Å². The molecule has 0 aliphatic rings. The fourth-order valence-electron chi connectivity index (χ4n) is 0.798. The number of hydrogen-bond donors (Lipinski definition) is 1. The van der Waals surface area contributed by atoms with Crippen LogP contribution in [0.5, 0.6) is 0 Å². The van der Waals surface area contributed by atoms with Gasteiger partial charge in [0, 0.05) is 31.7 Å². The Morgan fingerprint density at radius 2 is 2.15 bits per heavy atom. The third kappa shape index (κ3) is 2.74. The second-order valence-electron chi connectivity index (χ2n) is 2.68. The predicted molar refractivity (Wildman–Crippen MR) is 51.6 cm³/mol. The maximum absolute atomic E-state index is 11.3. The number of pyridine rings is 1. The lowest BCUT2D eigenvalue weighted by Gasteiger charge is -2.14. The standard InChI is InChI=1S/C9H13N3O/c1-3-12(2)9(13)11-8-4-6-10-7-5-8/h4-7H,3H2,1-2H3,(H,10,11,13). The van der Waals surface area contributed by atoms with Crippen LogP contribution in [0.4, 0.5) is 10.5 Å². The van der Waals surface area contributed by atoms with Crippen molar-refractivity contribution in [2.75, 3.05) is 18.9 Å². The molecule has 0 aliphatic heterocycles. The molecule has 0 saturated heterocycles. The van der Waals surface area contributed by atoms with E-state index < -0.39 is 0 Å². The summed E-state index contributed by atoms with van der Waals surface area (Å²) in [4.78, 5) is 16.8. The number of rotatable bonds is 2. The maximum Gasteiger partial charge on any atom is 0.321 e. The number of hydrogen-bond acceptors (Lipinski definition) is 2. The normalized spacial score (nSPS) is 9.38. The number of nitrogens with one attached hydrogen (secondary N) is 1. The molecule has 2 amide bonds. The molecule has 0 atom stereocenters. The van der Waals surface area contributed by atoms with Crippen LogP contribution in [0.15, 0.2) is 24.5 Å². The minimum absolute atomic E-state index is 0.103.